The first kappa shape index (κ1) is 17.7. The second-order valence-electron chi connectivity index (χ2n) is 8.70. The lowest BCUT2D eigenvalue weighted by atomic mass is 9.61. The first-order valence-corrected chi connectivity index (χ1v) is 9.85. The van der Waals surface area contributed by atoms with Crippen LogP contribution in [-0.4, -0.2) is 36.9 Å². The number of amidine groups is 1. The van der Waals surface area contributed by atoms with Crippen molar-refractivity contribution in [2.45, 2.75) is 70.4 Å². The number of hydrogen-bond donors (Lipinski definition) is 0. The van der Waals surface area contributed by atoms with E-state index in [-0.39, 0.29) is 11.3 Å². The standard InChI is InChI=1S/C22H30N2O2/c1-14(2)16-6-7-17-13-21(10-8-18(26-5)9-11-21)22(19(17)12-16)20(25)24(4)15(3)23-22/h6-7,12,14,18H,8-11,13H2,1-5H3. The number of fused-ring (bicyclic) bond motifs is 3. The molecule has 0 aromatic heterocycles. The van der Waals surface area contributed by atoms with Crippen molar-refractivity contribution in [2.75, 3.05) is 14.2 Å². The molecule has 0 saturated heterocycles. The summed E-state index contributed by atoms with van der Waals surface area (Å²) in [5.74, 6) is 1.44. The van der Waals surface area contributed by atoms with Crippen LogP contribution in [0.15, 0.2) is 23.2 Å². The molecule has 1 atom stereocenters. The smallest absolute Gasteiger partial charge is 0.260 e. The van der Waals surface area contributed by atoms with Crippen molar-refractivity contribution in [1.29, 1.82) is 0 Å². The van der Waals surface area contributed by atoms with Crippen molar-refractivity contribution in [3.05, 3.63) is 34.9 Å². The highest BCUT2D eigenvalue weighted by Gasteiger charge is 2.65. The Hall–Kier alpha value is -1.68. The van der Waals surface area contributed by atoms with Gasteiger partial charge in [-0.15, -0.1) is 0 Å². The van der Waals surface area contributed by atoms with Gasteiger partial charge in [0.2, 0.25) is 0 Å². The van der Waals surface area contributed by atoms with Crippen LogP contribution in [0, 0.1) is 5.41 Å². The Kier molecular flexibility index (Phi) is 4.03. The van der Waals surface area contributed by atoms with E-state index in [4.69, 9.17) is 9.73 Å². The number of ether oxygens (including phenoxy) is 1. The Morgan fingerprint density at radius 2 is 1.96 bits per heavy atom. The minimum atomic E-state index is -0.731. The molecule has 4 nitrogen and oxygen atoms in total. The zero-order chi connectivity index (χ0) is 18.7. The molecule has 140 valence electrons. The van der Waals surface area contributed by atoms with E-state index < -0.39 is 5.54 Å². The van der Waals surface area contributed by atoms with Gasteiger partial charge in [-0.25, -0.2) is 0 Å². The average Bonchev–Trinajstić information content (AvgIpc) is 3.03. The summed E-state index contributed by atoms with van der Waals surface area (Å²) in [7, 11) is 3.67. The van der Waals surface area contributed by atoms with E-state index in [0.717, 1.165) is 43.5 Å². The third kappa shape index (κ3) is 2.17. The largest absolute Gasteiger partial charge is 0.381 e. The highest BCUT2D eigenvalue weighted by Crippen LogP contribution is 2.62. The zero-order valence-electron chi connectivity index (χ0n) is 16.6. The fourth-order valence-electron chi connectivity index (χ4n) is 5.42. The summed E-state index contributed by atoms with van der Waals surface area (Å²) in [6, 6.07) is 6.75. The number of methoxy groups -OCH3 is 1. The maximum Gasteiger partial charge on any atom is 0.260 e. The van der Waals surface area contributed by atoms with Crippen LogP contribution < -0.4 is 0 Å². The van der Waals surface area contributed by atoms with E-state index in [0.29, 0.717) is 12.0 Å². The van der Waals surface area contributed by atoms with E-state index in [1.165, 1.54) is 11.1 Å². The SMILES string of the molecule is COC1CCC2(CC1)Cc1ccc(C(C)C)cc1C21N=C(C)N(C)C1=O. The van der Waals surface area contributed by atoms with Crippen LogP contribution in [0.3, 0.4) is 0 Å². The number of hydrogen-bond acceptors (Lipinski definition) is 3. The highest BCUT2D eigenvalue weighted by atomic mass is 16.5. The van der Waals surface area contributed by atoms with Crippen LogP contribution in [0.25, 0.3) is 0 Å². The van der Waals surface area contributed by atoms with Crippen molar-refractivity contribution < 1.29 is 9.53 Å². The summed E-state index contributed by atoms with van der Waals surface area (Å²) in [6.45, 7) is 6.38. The molecule has 1 aromatic carbocycles. The predicted octanol–water partition coefficient (Wildman–Crippen LogP) is 4.03. The molecule has 4 rings (SSSR count). The van der Waals surface area contributed by atoms with Crippen molar-refractivity contribution in [3.8, 4) is 0 Å². The predicted molar refractivity (Wildman–Crippen MR) is 103 cm³/mol. The van der Waals surface area contributed by atoms with Crippen LogP contribution >= 0.6 is 0 Å². The van der Waals surface area contributed by atoms with Crippen molar-refractivity contribution >= 4 is 11.7 Å². The van der Waals surface area contributed by atoms with Crippen LogP contribution in [0.2, 0.25) is 0 Å². The number of rotatable bonds is 2. The number of likely N-dealkylation sites (N-methyl/N-ethyl adjacent to an activating group) is 1. The summed E-state index contributed by atoms with van der Waals surface area (Å²) in [5, 5.41) is 0. The number of aliphatic imine (C=N–C) groups is 1. The lowest BCUT2D eigenvalue weighted by Crippen LogP contribution is -2.51. The summed E-state index contributed by atoms with van der Waals surface area (Å²) >= 11 is 0. The van der Waals surface area contributed by atoms with E-state index >= 15 is 0 Å². The van der Waals surface area contributed by atoms with Crippen molar-refractivity contribution in [3.63, 3.8) is 0 Å². The molecule has 26 heavy (non-hydrogen) atoms. The fourth-order valence-corrected chi connectivity index (χ4v) is 5.42. The number of nitrogens with zero attached hydrogens (tertiary/aromatic N) is 2. The lowest BCUT2D eigenvalue weighted by molar-refractivity contribution is -0.137. The van der Waals surface area contributed by atoms with E-state index in [2.05, 4.69) is 32.0 Å². The Labute approximate surface area is 156 Å². The molecule has 0 bridgehead atoms. The second-order valence-corrected chi connectivity index (χ2v) is 8.70. The molecule has 2 aliphatic carbocycles. The maximum absolute atomic E-state index is 13.6. The molecule has 1 fully saturated rings. The third-order valence-corrected chi connectivity index (χ3v) is 7.14. The molecule has 2 spiro atoms. The summed E-state index contributed by atoms with van der Waals surface area (Å²) in [6.07, 6.45) is 5.27. The minimum Gasteiger partial charge on any atom is -0.381 e. The summed E-state index contributed by atoms with van der Waals surface area (Å²) < 4.78 is 5.61. The van der Waals surface area contributed by atoms with Gasteiger partial charge in [0.05, 0.1) is 6.10 Å². The number of amides is 1. The van der Waals surface area contributed by atoms with Crippen LogP contribution in [0.5, 0.6) is 0 Å². The third-order valence-electron chi connectivity index (χ3n) is 7.14. The molecule has 0 radical (unpaired) electrons. The van der Waals surface area contributed by atoms with E-state index in [9.17, 15) is 4.79 Å². The molecule has 4 heteroatoms. The quantitative estimate of drug-likeness (QED) is 0.805. The number of carbonyl (C=O) groups is 1. The second kappa shape index (κ2) is 5.91. The zero-order valence-corrected chi connectivity index (χ0v) is 16.6. The van der Waals surface area contributed by atoms with Gasteiger partial charge in [0.1, 0.15) is 5.84 Å². The normalized spacial score (nSPS) is 33.5. The Balaban J connectivity index is 1.89. The molecule has 1 aliphatic heterocycles. The molecular formula is C22H30N2O2. The van der Waals surface area contributed by atoms with Gasteiger partial charge in [0, 0.05) is 19.6 Å². The molecule has 1 amide bonds. The molecule has 1 aromatic rings. The van der Waals surface area contributed by atoms with Gasteiger partial charge < -0.3 is 9.64 Å². The molecule has 0 N–H and O–H groups in total. The molecule has 1 saturated carbocycles. The number of carbonyl (C=O) groups excluding carboxylic acids is 1. The van der Waals surface area contributed by atoms with Gasteiger partial charge >= 0.3 is 0 Å². The first-order valence-electron chi connectivity index (χ1n) is 9.85. The number of benzene rings is 1. The Morgan fingerprint density at radius 1 is 1.27 bits per heavy atom. The van der Waals surface area contributed by atoms with E-state index in [1.54, 1.807) is 12.0 Å². The van der Waals surface area contributed by atoms with Crippen molar-refractivity contribution in [2.24, 2.45) is 10.4 Å². The molecule has 1 heterocycles. The maximum atomic E-state index is 13.6. The average molecular weight is 354 g/mol. The van der Waals surface area contributed by atoms with Gasteiger partial charge in [0.15, 0.2) is 5.54 Å². The van der Waals surface area contributed by atoms with Crippen LogP contribution in [0.4, 0.5) is 0 Å². The van der Waals surface area contributed by atoms with Gasteiger partial charge in [0.25, 0.3) is 5.91 Å². The highest BCUT2D eigenvalue weighted by molar-refractivity contribution is 6.08. The van der Waals surface area contributed by atoms with Crippen LogP contribution in [-0.2, 0) is 21.5 Å². The topological polar surface area (TPSA) is 41.9 Å². The molecular weight excluding hydrogens is 324 g/mol. The van der Waals surface area contributed by atoms with Crippen LogP contribution in [0.1, 0.15) is 69.1 Å². The lowest BCUT2D eigenvalue weighted by Gasteiger charge is -2.45. The first-order chi connectivity index (χ1) is 12.3. The van der Waals surface area contributed by atoms with Gasteiger partial charge in [-0.2, -0.15) is 0 Å². The van der Waals surface area contributed by atoms with Crippen molar-refractivity contribution in [1.82, 2.24) is 4.90 Å². The van der Waals surface area contributed by atoms with E-state index in [1.807, 2.05) is 14.0 Å². The fraction of sp³-hybridized carbons (Fsp3) is 0.636. The molecule has 1 unspecified atom stereocenters. The monoisotopic (exact) mass is 354 g/mol. The Bertz CT molecular complexity index is 774. The summed E-state index contributed by atoms with van der Waals surface area (Å²) in [5.41, 5.74) is 2.92. The molecule has 3 aliphatic rings. The summed E-state index contributed by atoms with van der Waals surface area (Å²) in [4.78, 5) is 20.5. The Morgan fingerprint density at radius 3 is 2.50 bits per heavy atom. The van der Waals surface area contributed by atoms with Gasteiger partial charge in [-0.1, -0.05) is 32.0 Å². The van der Waals surface area contributed by atoms with Gasteiger partial charge in [-0.05, 0) is 61.6 Å². The van der Waals surface area contributed by atoms with Gasteiger partial charge in [-0.3, -0.25) is 9.79 Å². The minimum absolute atomic E-state index is 0.108.